The number of sulfone groups is 1. The van der Waals surface area contributed by atoms with Crippen molar-refractivity contribution in [2.75, 3.05) is 9.80 Å². The molecule has 0 aliphatic carbocycles. The molecule has 0 atom stereocenters. The Morgan fingerprint density at radius 2 is 0.512 bits per heavy atom. The fourth-order valence-corrected chi connectivity index (χ4v) is 6.15. The lowest BCUT2D eigenvalue weighted by Crippen LogP contribution is -2.11. The highest BCUT2D eigenvalue weighted by Gasteiger charge is 2.20. The van der Waals surface area contributed by atoms with Gasteiger partial charge in [-0.1, -0.05) is 72.8 Å². The van der Waals surface area contributed by atoms with Gasteiger partial charge in [0.1, 0.15) is 0 Å². The Hall–Kier alpha value is -5.13. The van der Waals surface area contributed by atoms with E-state index in [-0.39, 0.29) is 9.79 Å². The van der Waals surface area contributed by atoms with Gasteiger partial charge in [0.25, 0.3) is 0 Å². The van der Waals surface area contributed by atoms with Crippen LogP contribution in [-0.2, 0) is 9.84 Å². The summed E-state index contributed by atoms with van der Waals surface area (Å²) in [6.45, 7) is 0. The van der Waals surface area contributed by atoms with Gasteiger partial charge in [0.15, 0.2) is 0 Å². The third-order valence-corrected chi connectivity index (χ3v) is 8.65. The molecule has 0 bridgehead atoms. The zero-order valence-electron chi connectivity index (χ0n) is 22.3. The molecule has 0 heterocycles. The van der Waals surface area contributed by atoms with E-state index in [4.69, 9.17) is 0 Å². The average molecular weight is 553 g/mol. The SMILES string of the molecule is O=S(=O)(c1ccc(N(c2ccccc2)c2ccccc2)cc1)c1ccc(N(c2ccccc2)c2ccccc2)cc1. The van der Waals surface area contributed by atoms with Crippen molar-refractivity contribution < 1.29 is 8.42 Å². The standard InChI is InChI=1S/C36H28N2O2S/c39-41(40,35-25-21-33(22-26-35)37(29-13-5-1-6-14-29)30-15-7-2-8-16-30)36-27-23-34(24-28-36)38(31-17-9-3-10-18-31)32-19-11-4-12-20-32/h1-28H. The third-order valence-electron chi connectivity index (χ3n) is 6.87. The van der Waals surface area contributed by atoms with E-state index in [2.05, 4.69) is 9.80 Å². The maximum absolute atomic E-state index is 13.6. The minimum Gasteiger partial charge on any atom is -0.311 e. The molecule has 41 heavy (non-hydrogen) atoms. The Balaban J connectivity index is 1.31. The fourth-order valence-electron chi connectivity index (χ4n) is 4.89. The topological polar surface area (TPSA) is 40.6 Å². The van der Waals surface area contributed by atoms with Gasteiger partial charge in [-0.3, -0.25) is 0 Å². The minimum absolute atomic E-state index is 0.248. The Labute approximate surface area is 241 Å². The van der Waals surface area contributed by atoms with Gasteiger partial charge < -0.3 is 9.80 Å². The van der Waals surface area contributed by atoms with Crippen molar-refractivity contribution in [3.8, 4) is 0 Å². The quantitative estimate of drug-likeness (QED) is 0.189. The lowest BCUT2D eigenvalue weighted by Gasteiger charge is -2.26. The molecule has 4 nitrogen and oxygen atoms in total. The summed E-state index contributed by atoms with van der Waals surface area (Å²) in [5, 5.41) is 0. The predicted octanol–water partition coefficient (Wildman–Crippen LogP) is 9.46. The molecule has 6 aromatic rings. The molecule has 0 fully saturated rings. The van der Waals surface area contributed by atoms with Crippen LogP contribution in [0.5, 0.6) is 0 Å². The summed E-state index contributed by atoms with van der Waals surface area (Å²) in [6, 6.07) is 54.3. The summed E-state index contributed by atoms with van der Waals surface area (Å²) in [7, 11) is -3.72. The molecule has 0 aromatic heterocycles. The smallest absolute Gasteiger partial charge is 0.206 e. The number of rotatable bonds is 8. The molecule has 0 aliphatic rings. The van der Waals surface area contributed by atoms with Gasteiger partial charge in [-0.15, -0.1) is 0 Å². The number of benzene rings is 6. The largest absolute Gasteiger partial charge is 0.311 e. The summed E-state index contributed by atoms with van der Waals surface area (Å²) in [6.07, 6.45) is 0. The van der Waals surface area contributed by atoms with E-state index in [0.717, 1.165) is 34.1 Å². The van der Waals surface area contributed by atoms with Crippen molar-refractivity contribution in [2.24, 2.45) is 0 Å². The zero-order valence-corrected chi connectivity index (χ0v) is 23.1. The number of para-hydroxylation sites is 4. The van der Waals surface area contributed by atoms with E-state index >= 15 is 0 Å². The second kappa shape index (κ2) is 11.5. The lowest BCUT2D eigenvalue weighted by atomic mass is 10.2. The van der Waals surface area contributed by atoms with Crippen molar-refractivity contribution in [3.05, 3.63) is 170 Å². The Morgan fingerprint density at radius 3 is 0.756 bits per heavy atom. The van der Waals surface area contributed by atoms with Gasteiger partial charge in [0, 0.05) is 34.1 Å². The predicted molar refractivity (Wildman–Crippen MR) is 168 cm³/mol. The van der Waals surface area contributed by atoms with Crippen LogP contribution < -0.4 is 9.80 Å². The van der Waals surface area contributed by atoms with Crippen LogP contribution in [0, 0.1) is 0 Å². The maximum Gasteiger partial charge on any atom is 0.206 e. The Kier molecular flexibility index (Phi) is 7.35. The second-order valence-corrected chi connectivity index (χ2v) is 11.5. The second-order valence-electron chi connectivity index (χ2n) is 9.50. The maximum atomic E-state index is 13.6. The van der Waals surface area contributed by atoms with Crippen molar-refractivity contribution in [1.29, 1.82) is 0 Å². The van der Waals surface area contributed by atoms with E-state index in [1.165, 1.54) is 0 Å². The molecule has 0 saturated heterocycles. The normalized spacial score (nSPS) is 11.1. The molecule has 0 radical (unpaired) electrons. The lowest BCUT2D eigenvalue weighted by molar-refractivity contribution is 0.596. The van der Waals surface area contributed by atoms with Crippen molar-refractivity contribution in [3.63, 3.8) is 0 Å². The highest BCUT2D eigenvalue weighted by molar-refractivity contribution is 7.91. The summed E-state index contributed by atoms with van der Waals surface area (Å²) in [5.74, 6) is 0. The summed E-state index contributed by atoms with van der Waals surface area (Å²) >= 11 is 0. The molecule has 5 heteroatoms. The molecule has 0 aliphatic heterocycles. The van der Waals surface area contributed by atoms with Crippen LogP contribution in [0.1, 0.15) is 0 Å². The molecule has 0 spiro atoms. The van der Waals surface area contributed by atoms with E-state index < -0.39 is 9.84 Å². The first-order valence-electron chi connectivity index (χ1n) is 13.4. The minimum atomic E-state index is -3.72. The summed E-state index contributed by atoms with van der Waals surface area (Å²) in [4.78, 5) is 4.70. The van der Waals surface area contributed by atoms with Gasteiger partial charge in [0.2, 0.25) is 9.84 Å². The average Bonchev–Trinajstić information content (AvgIpc) is 3.04. The van der Waals surface area contributed by atoms with Gasteiger partial charge in [-0.05, 0) is 97.1 Å². The first-order chi connectivity index (χ1) is 20.1. The molecule has 0 amide bonds. The van der Waals surface area contributed by atoms with Crippen LogP contribution >= 0.6 is 0 Å². The van der Waals surface area contributed by atoms with Gasteiger partial charge in [-0.25, -0.2) is 8.42 Å². The third kappa shape index (κ3) is 5.49. The van der Waals surface area contributed by atoms with Crippen LogP contribution in [0.25, 0.3) is 0 Å². The molecule has 0 N–H and O–H groups in total. The highest BCUT2D eigenvalue weighted by atomic mass is 32.2. The van der Waals surface area contributed by atoms with E-state index in [1.54, 1.807) is 24.3 Å². The molecule has 200 valence electrons. The number of anilines is 6. The Morgan fingerprint density at radius 1 is 0.293 bits per heavy atom. The van der Waals surface area contributed by atoms with E-state index in [0.29, 0.717) is 0 Å². The molecule has 6 rings (SSSR count). The van der Waals surface area contributed by atoms with Crippen molar-refractivity contribution in [1.82, 2.24) is 0 Å². The monoisotopic (exact) mass is 552 g/mol. The molecular formula is C36H28N2O2S. The molecular weight excluding hydrogens is 524 g/mol. The van der Waals surface area contributed by atoms with E-state index in [9.17, 15) is 8.42 Å². The first kappa shape index (κ1) is 26.1. The fraction of sp³-hybridized carbons (Fsp3) is 0. The van der Waals surface area contributed by atoms with Crippen LogP contribution in [-0.4, -0.2) is 8.42 Å². The molecule has 0 unspecified atom stereocenters. The first-order valence-corrected chi connectivity index (χ1v) is 14.9. The van der Waals surface area contributed by atoms with Crippen molar-refractivity contribution in [2.45, 2.75) is 9.79 Å². The van der Waals surface area contributed by atoms with Crippen molar-refractivity contribution >= 4 is 44.0 Å². The van der Waals surface area contributed by atoms with Gasteiger partial charge in [-0.2, -0.15) is 0 Å². The highest BCUT2D eigenvalue weighted by Crippen LogP contribution is 2.37. The summed E-state index contributed by atoms with van der Waals surface area (Å²) < 4.78 is 27.3. The zero-order chi connectivity index (χ0) is 28.1. The van der Waals surface area contributed by atoms with Crippen LogP contribution in [0.4, 0.5) is 34.1 Å². The Bertz CT molecular complexity index is 1600. The number of nitrogens with zero attached hydrogens (tertiary/aromatic N) is 2. The van der Waals surface area contributed by atoms with Gasteiger partial charge in [0.05, 0.1) is 9.79 Å². The van der Waals surface area contributed by atoms with Gasteiger partial charge >= 0.3 is 0 Å². The van der Waals surface area contributed by atoms with Crippen LogP contribution in [0.3, 0.4) is 0 Å². The molecule has 6 aromatic carbocycles. The summed E-state index contributed by atoms with van der Waals surface area (Å²) in [5.41, 5.74) is 5.71. The number of hydrogen-bond donors (Lipinski definition) is 0. The molecule has 0 saturated carbocycles. The van der Waals surface area contributed by atoms with Crippen LogP contribution in [0.2, 0.25) is 0 Å². The van der Waals surface area contributed by atoms with Crippen LogP contribution in [0.15, 0.2) is 180 Å². The number of hydrogen-bond acceptors (Lipinski definition) is 4. The van der Waals surface area contributed by atoms with E-state index in [1.807, 2.05) is 146 Å².